The average molecular weight is 315 g/mol. The Morgan fingerprint density at radius 3 is 3.00 bits per heavy atom. The molecule has 0 aromatic carbocycles. The predicted molar refractivity (Wildman–Crippen MR) is 79.6 cm³/mol. The summed E-state index contributed by atoms with van der Waals surface area (Å²) in [4.78, 5) is 28.9. The van der Waals surface area contributed by atoms with Gasteiger partial charge in [-0.1, -0.05) is 0 Å². The van der Waals surface area contributed by atoms with Crippen LogP contribution >= 0.6 is 23.7 Å². The van der Waals surface area contributed by atoms with Crippen molar-refractivity contribution in [3.8, 4) is 0 Å². The summed E-state index contributed by atoms with van der Waals surface area (Å²) in [5.41, 5.74) is 5.37. The van der Waals surface area contributed by atoms with Gasteiger partial charge in [0.2, 0.25) is 0 Å². The first-order valence-electron chi connectivity index (χ1n) is 6.16. The minimum absolute atomic E-state index is 0. The first-order chi connectivity index (χ1) is 9.20. The van der Waals surface area contributed by atoms with Crippen molar-refractivity contribution in [2.24, 2.45) is 11.7 Å². The Morgan fingerprint density at radius 2 is 2.35 bits per heavy atom. The van der Waals surface area contributed by atoms with Gasteiger partial charge in [-0.15, -0.1) is 23.7 Å². The number of nitrogens with zero attached hydrogens (tertiary/aromatic N) is 2. The fraction of sp³-hybridized carbons (Fsp3) is 0.417. The molecule has 20 heavy (non-hydrogen) atoms. The highest BCUT2D eigenvalue weighted by Crippen LogP contribution is 2.32. The second-order valence-electron chi connectivity index (χ2n) is 4.69. The van der Waals surface area contributed by atoms with Crippen LogP contribution in [0, 0.1) is 5.92 Å². The molecule has 1 amide bonds. The van der Waals surface area contributed by atoms with Gasteiger partial charge < -0.3 is 11.1 Å². The second kappa shape index (κ2) is 5.90. The number of hydrogen-bond acceptors (Lipinski definition) is 5. The number of thiazole rings is 1. The highest BCUT2D eigenvalue weighted by atomic mass is 35.5. The van der Waals surface area contributed by atoms with Crippen molar-refractivity contribution >= 4 is 34.6 Å². The van der Waals surface area contributed by atoms with Crippen LogP contribution in [0.25, 0.3) is 4.96 Å². The monoisotopic (exact) mass is 314 g/mol. The fourth-order valence-electron chi connectivity index (χ4n) is 2.09. The van der Waals surface area contributed by atoms with Gasteiger partial charge in [-0.25, -0.2) is 4.98 Å². The number of hydrogen-bond donors (Lipinski definition) is 2. The number of fused-ring (bicyclic) bond motifs is 1. The van der Waals surface area contributed by atoms with E-state index in [1.54, 1.807) is 11.6 Å². The lowest BCUT2D eigenvalue weighted by molar-refractivity contribution is 0.0931. The Kier molecular flexibility index (Phi) is 4.42. The summed E-state index contributed by atoms with van der Waals surface area (Å²) >= 11 is 1.36. The van der Waals surface area contributed by atoms with Crippen LogP contribution in [-0.2, 0) is 0 Å². The summed E-state index contributed by atoms with van der Waals surface area (Å²) in [6.07, 6.45) is 5.13. The summed E-state index contributed by atoms with van der Waals surface area (Å²) in [7, 11) is 0. The van der Waals surface area contributed by atoms with Crippen molar-refractivity contribution in [3.63, 3.8) is 0 Å². The third kappa shape index (κ3) is 2.70. The first-order valence-corrected chi connectivity index (χ1v) is 7.04. The molecule has 1 saturated carbocycles. The molecule has 2 aromatic rings. The maximum absolute atomic E-state index is 12.1. The zero-order chi connectivity index (χ0) is 13.4. The molecule has 3 rings (SSSR count). The Balaban J connectivity index is 0.00000147. The number of nitrogens with two attached hydrogens (primary N) is 1. The van der Waals surface area contributed by atoms with Crippen LogP contribution in [0.3, 0.4) is 0 Å². The van der Waals surface area contributed by atoms with Gasteiger partial charge in [0.15, 0.2) is 4.96 Å². The largest absolute Gasteiger partial charge is 0.348 e. The van der Waals surface area contributed by atoms with E-state index in [0.717, 1.165) is 12.8 Å². The molecular weight excluding hydrogens is 300 g/mol. The quantitative estimate of drug-likeness (QED) is 0.867. The lowest BCUT2D eigenvalue weighted by Crippen LogP contribution is -2.43. The smallest absolute Gasteiger partial charge is 0.271 e. The molecule has 3 N–H and O–H groups in total. The van der Waals surface area contributed by atoms with Crippen molar-refractivity contribution < 1.29 is 4.79 Å². The Hall–Kier alpha value is -1.44. The molecule has 0 bridgehead atoms. The summed E-state index contributed by atoms with van der Waals surface area (Å²) < 4.78 is 1.38. The highest BCUT2D eigenvalue weighted by molar-refractivity contribution is 7.15. The molecule has 0 saturated heterocycles. The van der Waals surface area contributed by atoms with Crippen LogP contribution < -0.4 is 16.6 Å². The maximum atomic E-state index is 12.1. The lowest BCUT2D eigenvalue weighted by atomic mass is 10.1. The number of amides is 1. The van der Waals surface area contributed by atoms with Gasteiger partial charge >= 0.3 is 0 Å². The zero-order valence-corrected chi connectivity index (χ0v) is 12.2. The van der Waals surface area contributed by atoms with E-state index in [1.165, 1.54) is 21.9 Å². The van der Waals surface area contributed by atoms with E-state index in [2.05, 4.69) is 10.3 Å². The molecule has 1 aliphatic rings. The van der Waals surface area contributed by atoms with E-state index in [-0.39, 0.29) is 35.5 Å². The van der Waals surface area contributed by atoms with Crippen LogP contribution in [0.4, 0.5) is 0 Å². The molecule has 1 fully saturated rings. The molecule has 108 valence electrons. The number of carbonyl (C=O) groups is 1. The van der Waals surface area contributed by atoms with Gasteiger partial charge in [-0.2, -0.15) is 0 Å². The fourth-order valence-corrected chi connectivity index (χ4v) is 2.77. The Labute approximate surface area is 125 Å². The highest BCUT2D eigenvalue weighted by Gasteiger charge is 2.31. The standard InChI is InChI=1S/C12H14N4O2S.ClH/c13-5-9(7-1-2-7)15-10(17)8-6-14-12-16(11(8)18)3-4-19-12;/h3-4,6-7,9H,1-2,5,13H2,(H,15,17);1H. The Morgan fingerprint density at radius 1 is 1.60 bits per heavy atom. The molecule has 1 atom stereocenters. The number of halogens is 1. The summed E-state index contributed by atoms with van der Waals surface area (Å²) in [6.45, 7) is 0.395. The van der Waals surface area contributed by atoms with Gasteiger partial charge in [0.1, 0.15) is 5.56 Å². The third-order valence-corrected chi connectivity index (χ3v) is 4.12. The predicted octanol–water partition coefficient (Wildman–Crippen LogP) is 0.645. The van der Waals surface area contributed by atoms with Gasteiger partial charge in [0.25, 0.3) is 11.5 Å². The average Bonchev–Trinajstić information content (AvgIpc) is 3.13. The number of carbonyl (C=O) groups excluding carboxylic acids is 1. The van der Waals surface area contributed by atoms with E-state index in [1.807, 2.05) is 0 Å². The molecule has 2 heterocycles. The van der Waals surface area contributed by atoms with E-state index in [4.69, 9.17) is 5.73 Å². The van der Waals surface area contributed by atoms with Crippen LogP contribution in [0.5, 0.6) is 0 Å². The number of rotatable bonds is 4. The van der Waals surface area contributed by atoms with Crippen molar-refractivity contribution in [1.82, 2.24) is 14.7 Å². The normalized spacial score (nSPS) is 15.7. The first kappa shape index (κ1) is 15.0. The van der Waals surface area contributed by atoms with Crippen LogP contribution in [0.2, 0.25) is 0 Å². The summed E-state index contributed by atoms with van der Waals surface area (Å²) in [5.74, 6) is 0.0648. The van der Waals surface area contributed by atoms with Crippen molar-refractivity contribution in [3.05, 3.63) is 33.7 Å². The molecule has 6 nitrogen and oxygen atoms in total. The molecule has 0 spiro atoms. The van der Waals surface area contributed by atoms with Crippen molar-refractivity contribution in [2.75, 3.05) is 6.54 Å². The molecule has 1 unspecified atom stereocenters. The summed E-state index contributed by atoms with van der Waals surface area (Å²) in [5, 5.41) is 4.59. The molecule has 8 heteroatoms. The van der Waals surface area contributed by atoms with E-state index in [9.17, 15) is 9.59 Å². The number of aromatic nitrogens is 2. The van der Waals surface area contributed by atoms with Gasteiger partial charge in [-0.05, 0) is 18.8 Å². The van der Waals surface area contributed by atoms with Crippen LogP contribution in [0.1, 0.15) is 23.2 Å². The second-order valence-corrected chi connectivity index (χ2v) is 5.56. The lowest BCUT2D eigenvalue weighted by Gasteiger charge is -2.15. The summed E-state index contributed by atoms with van der Waals surface area (Å²) in [6, 6.07) is -0.0462. The Bertz CT molecular complexity index is 679. The van der Waals surface area contributed by atoms with Crippen LogP contribution in [-0.4, -0.2) is 27.9 Å². The molecule has 2 aromatic heterocycles. The molecule has 0 aliphatic heterocycles. The van der Waals surface area contributed by atoms with E-state index >= 15 is 0 Å². The zero-order valence-electron chi connectivity index (χ0n) is 10.6. The minimum atomic E-state index is -0.388. The number of nitrogens with one attached hydrogen (secondary N) is 1. The van der Waals surface area contributed by atoms with Gasteiger partial charge in [-0.3, -0.25) is 14.0 Å². The van der Waals surface area contributed by atoms with Crippen molar-refractivity contribution in [1.29, 1.82) is 0 Å². The topological polar surface area (TPSA) is 89.5 Å². The van der Waals surface area contributed by atoms with E-state index in [0.29, 0.717) is 17.4 Å². The van der Waals surface area contributed by atoms with Gasteiger partial charge in [0.05, 0.1) is 0 Å². The third-order valence-electron chi connectivity index (χ3n) is 3.35. The minimum Gasteiger partial charge on any atom is -0.348 e. The maximum Gasteiger partial charge on any atom is 0.271 e. The van der Waals surface area contributed by atoms with Crippen LogP contribution in [0.15, 0.2) is 22.6 Å². The molecular formula is C12H15ClN4O2S. The molecule has 0 radical (unpaired) electrons. The SMILES string of the molecule is Cl.NCC(NC(=O)c1cnc2sccn2c1=O)C1CC1. The van der Waals surface area contributed by atoms with Crippen molar-refractivity contribution in [2.45, 2.75) is 18.9 Å². The van der Waals surface area contributed by atoms with Gasteiger partial charge in [0, 0.05) is 30.4 Å². The van der Waals surface area contributed by atoms with E-state index < -0.39 is 0 Å². The molecule has 1 aliphatic carbocycles.